The summed E-state index contributed by atoms with van der Waals surface area (Å²) < 4.78 is 2.16. The number of benzene rings is 2. The largest absolute Gasteiger partial charge is 0.342 e. The van der Waals surface area contributed by atoms with E-state index in [1.54, 1.807) is 0 Å². The summed E-state index contributed by atoms with van der Waals surface area (Å²) >= 11 is 0. The van der Waals surface area contributed by atoms with Gasteiger partial charge in [-0.2, -0.15) is 0 Å². The van der Waals surface area contributed by atoms with Crippen molar-refractivity contribution in [3.63, 3.8) is 0 Å². The van der Waals surface area contributed by atoms with Gasteiger partial charge in [-0.15, -0.1) is 0 Å². The number of amides is 2. The molecule has 32 heavy (non-hydrogen) atoms. The molecule has 1 aromatic heterocycles. The SMILES string of the molecule is CCN(CC)C(=O)CN1CCN(C(=O)c2cn(Cc3ccccc3)c3ccccc23)CC1. The number of rotatable bonds is 7. The number of likely N-dealkylation sites (N-methyl/N-ethyl adjacent to an activating group) is 1. The van der Waals surface area contributed by atoms with Gasteiger partial charge >= 0.3 is 0 Å². The van der Waals surface area contributed by atoms with E-state index < -0.39 is 0 Å². The minimum Gasteiger partial charge on any atom is -0.342 e. The predicted molar refractivity (Wildman–Crippen MR) is 128 cm³/mol. The summed E-state index contributed by atoms with van der Waals surface area (Å²) in [5.74, 6) is 0.237. The van der Waals surface area contributed by atoms with Crippen molar-refractivity contribution >= 4 is 22.7 Å². The first-order valence-corrected chi connectivity index (χ1v) is 11.5. The van der Waals surface area contributed by atoms with Gasteiger partial charge in [-0.25, -0.2) is 0 Å². The van der Waals surface area contributed by atoms with Crippen molar-refractivity contribution in [3.8, 4) is 0 Å². The van der Waals surface area contributed by atoms with Crippen LogP contribution < -0.4 is 0 Å². The Morgan fingerprint density at radius 2 is 1.53 bits per heavy atom. The molecule has 4 rings (SSSR count). The van der Waals surface area contributed by atoms with Gasteiger partial charge in [0.15, 0.2) is 0 Å². The highest BCUT2D eigenvalue weighted by Crippen LogP contribution is 2.24. The van der Waals surface area contributed by atoms with E-state index in [1.165, 1.54) is 5.56 Å². The topological polar surface area (TPSA) is 48.8 Å². The molecule has 6 nitrogen and oxygen atoms in total. The zero-order valence-corrected chi connectivity index (χ0v) is 19.0. The van der Waals surface area contributed by atoms with Gasteiger partial charge in [0, 0.05) is 62.9 Å². The number of para-hydroxylation sites is 1. The monoisotopic (exact) mass is 432 g/mol. The summed E-state index contributed by atoms with van der Waals surface area (Å²) in [6, 6.07) is 18.4. The lowest BCUT2D eigenvalue weighted by molar-refractivity contribution is -0.132. The molecule has 1 aliphatic heterocycles. The summed E-state index contributed by atoms with van der Waals surface area (Å²) in [4.78, 5) is 31.8. The molecule has 2 aromatic carbocycles. The maximum atomic E-state index is 13.4. The molecule has 0 saturated carbocycles. The Morgan fingerprint density at radius 3 is 2.22 bits per heavy atom. The average Bonchev–Trinajstić information content (AvgIpc) is 3.19. The Morgan fingerprint density at radius 1 is 0.875 bits per heavy atom. The number of carbonyl (C=O) groups is 2. The minimum absolute atomic E-state index is 0.0720. The molecule has 0 atom stereocenters. The zero-order valence-electron chi connectivity index (χ0n) is 19.0. The van der Waals surface area contributed by atoms with E-state index in [0.29, 0.717) is 19.6 Å². The number of nitrogens with zero attached hydrogens (tertiary/aromatic N) is 4. The second-order valence-corrected chi connectivity index (χ2v) is 8.31. The Labute approximate surface area is 190 Å². The molecule has 2 amide bonds. The lowest BCUT2D eigenvalue weighted by Gasteiger charge is -2.35. The molecular formula is C26H32N4O2. The van der Waals surface area contributed by atoms with Crippen LogP contribution in [0.15, 0.2) is 60.8 Å². The molecule has 3 aromatic rings. The summed E-state index contributed by atoms with van der Waals surface area (Å²) in [7, 11) is 0. The number of hydrogen-bond acceptors (Lipinski definition) is 3. The van der Waals surface area contributed by atoms with Gasteiger partial charge < -0.3 is 14.4 Å². The summed E-state index contributed by atoms with van der Waals surface area (Å²) in [6.07, 6.45) is 2.00. The van der Waals surface area contributed by atoms with Crippen LogP contribution in [0.2, 0.25) is 0 Å². The molecule has 2 heterocycles. The summed E-state index contributed by atoms with van der Waals surface area (Å²) in [6.45, 7) is 9.38. The predicted octanol–water partition coefficient (Wildman–Crippen LogP) is 3.32. The minimum atomic E-state index is 0.0720. The Balaban J connectivity index is 1.46. The fraction of sp³-hybridized carbons (Fsp3) is 0.385. The van der Waals surface area contributed by atoms with Crippen LogP contribution in [0.5, 0.6) is 0 Å². The molecule has 0 aliphatic carbocycles. The Kier molecular flexibility index (Phi) is 6.90. The average molecular weight is 433 g/mol. The maximum Gasteiger partial charge on any atom is 0.256 e. The molecule has 1 saturated heterocycles. The van der Waals surface area contributed by atoms with Gasteiger partial charge in [0.2, 0.25) is 5.91 Å². The third-order valence-corrected chi connectivity index (χ3v) is 6.35. The van der Waals surface area contributed by atoms with Crippen LogP contribution in [0.3, 0.4) is 0 Å². The molecule has 0 bridgehead atoms. The zero-order chi connectivity index (χ0) is 22.5. The van der Waals surface area contributed by atoms with Crippen molar-refractivity contribution in [3.05, 3.63) is 71.9 Å². The van der Waals surface area contributed by atoms with E-state index in [0.717, 1.165) is 49.2 Å². The second-order valence-electron chi connectivity index (χ2n) is 8.31. The summed E-state index contributed by atoms with van der Waals surface area (Å²) in [5.41, 5.74) is 3.03. The van der Waals surface area contributed by atoms with Crippen LogP contribution in [-0.2, 0) is 11.3 Å². The van der Waals surface area contributed by atoms with E-state index in [1.807, 2.05) is 66.2 Å². The van der Waals surface area contributed by atoms with Crippen LogP contribution in [0.25, 0.3) is 10.9 Å². The number of carbonyl (C=O) groups excluding carboxylic acids is 2. The van der Waals surface area contributed by atoms with E-state index >= 15 is 0 Å². The highest BCUT2D eigenvalue weighted by atomic mass is 16.2. The van der Waals surface area contributed by atoms with Gasteiger partial charge in [-0.3, -0.25) is 14.5 Å². The fourth-order valence-electron chi connectivity index (χ4n) is 4.48. The third kappa shape index (κ3) is 4.70. The van der Waals surface area contributed by atoms with Gasteiger partial charge in [-0.1, -0.05) is 48.5 Å². The standard InChI is InChI=1S/C26H32N4O2/c1-3-28(4-2)25(31)20-27-14-16-29(17-15-27)26(32)23-19-30(18-21-10-6-5-7-11-21)24-13-9-8-12-22(23)24/h5-13,19H,3-4,14-18,20H2,1-2H3. The van der Waals surface area contributed by atoms with E-state index in [-0.39, 0.29) is 11.8 Å². The quantitative estimate of drug-likeness (QED) is 0.576. The van der Waals surface area contributed by atoms with Crippen molar-refractivity contribution in [2.45, 2.75) is 20.4 Å². The number of fused-ring (bicyclic) bond motifs is 1. The third-order valence-electron chi connectivity index (χ3n) is 6.35. The van der Waals surface area contributed by atoms with E-state index in [9.17, 15) is 9.59 Å². The molecule has 1 aliphatic rings. The van der Waals surface area contributed by atoms with Crippen LogP contribution in [0.4, 0.5) is 0 Å². The maximum absolute atomic E-state index is 13.4. The van der Waals surface area contributed by atoms with Gasteiger partial charge in [-0.05, 0) is 25.5 Å². The Hall–Kier alpha value is -3.12. The molecule has 0 unspecified atom stereocenters. The van der Waals surface area contributed by atoms with Crippen LogP contribution >= 0.6 is 0 Å². The van der Waals surface area contributed by atoms with Gasteiger partial charge in [0.1, 0.15) is 0 Å². The van der Waals surface area contributed by atoms with Gasteiger partial charge in [0.05, 0.1) is 12.1 Å². The van der Waals surface area contributed by atoms with Crippen LogP contribution in [-0.4, -0.2) is 76.9 Å². The first-order chi connectivity index (χ1) is 15.6. The van der Waals surface area contributed by atoms with Crippen molar-refractivity contribution in [1.29, 1.82) is 0 Å². The molecule has 1 fully saturated rings. The number of piperazine rings is 1. The van der Waals surface area contributed by atoms with Crippen molar-refractivity contribution in [2.24, 2.45) is 0 Å². The Bertz CT molecular complexity index is 1060. The molecule has 168 valence electrons. The van der Waals surface area contributed by atoms with Crippen molar-refractivity contribution < 1.29 is 9.59 Å². The molecule has 0 spiro atoms. The smallest absolute Gasteiger partial charge is 0.256 e. The molecular weight excluding hydrogens is 400 g/mol. The number of hydrogen-bond donors (Lipinski definition) is 0. The normalized spacial score (nSPS) is 14.6. The highest BCUT2D eigenvalue weighted by Gasteiger charge is 2.26. The first kappa shape index (κ1) is 22.1. The van der Waals surface area contributed by atoms with E-state index in [2.05, 4.69) is 27.7 Å². The van der Waals surface area contributed by atoms with Crippen molar-refractivity contribution in [2.75, 3.05) is 45.8 Å². The fourth-order valence-corrected chi connectivity index (χ4v) is 4.48. The molecule has 0 radical (unpaired) electrons. The van der Waals surface area contributed by atoms with Crippen LogP contribution in [0.1, 0.15) is 29.8 Å². The lowest BCUT2D eigenvalue weighted by atomic mass is 10.1. The highest BCUT2D eigenvalue weighted by molar-refractivity contribution is 6.07. The first-order valence-electron chi connectivity index (χ1n) is 11.5. The molecule has 0 N–H and O–H groups in total. The van der Waals surface area contributed by atoms with E-state index in [4.69, 9.17) is 0 Å². The van der Waals surface area contributed by atoms with Crippen molar-refractivity contribution in [1.82, 2.24) is 19.3 Å². The lowest BCUT2D eigenvalue weighted by Crippen LogP contribution is -2.51. The van der Waals surface area contributed by atoms with Gasteiger partial charge in [0.25, 0.3) is 5.91 Å². The summed E-state index contributed by atoms with van der Waals surface area (Å²) in [5, 5.41) is 0.993. The van der Waals surface area contributed by atoms with Crippen LogP contribution in [0, 0.1) is 0 Å². The second kappa shape index (κ2) is 10.0. The number of aromatic nitrogens is 1. The molecule has 6 heteroatoms.